The number of nitrogens with zero attached hydrogens (tertiary/aromatic N) is 2. The van der Waals surface area contributed by atoms with Crippen molar-refractivity contribution in [2.75, 3.05) is 13.7 Å². The predicted molar refractivity (Wildman–Crippen MR) is 82.3 cm³/mol. The number of aryl methyl sites for hydroxylation is 1. The van der Waals surface area contributed by atoms with E-state index in [9.17, 15) is 0 Å². The molecule has 0 spiro atoms. The van der Waals surface area contributed by atoms with E-state index in [2.05, 4.69) is 47.1 Å². The summed E-state index contributed by atoms with van der Waals surface area (Å²) in [6, 6.07) is 0.182. The molecule has 1 rings (SSSR count). The molecule has 19 heavy (non-hydrogen) atoms. The van der Waals surface area contributed by atoms with Crippen LogP contribution >= 0.6 is 15.9 Å². The summed E-state index contributed by atoms with van der Waals surface area (Å²) in [4.78, 5) is 0. The van der Waals surface area contributed by atoms with Gasteiger partial charge in [-0.1, -0.05) is 20.3 Å². The van der Waals surface area contributed by atoms with E-state index in [-0.39, 0.29) is 12.1 Å². The highest BCUT2D eigenvalue weighted by Crippen LogP contribution is 2.28. The quantitative estimate of drug-likeness (QED) is 0.752. The van der Waals surface area contributed by atoms with Crippen molar-refractivity contribution in [3.63, 3.8) is 0 Å². The number of aromatic nitrogens is 2. The highest BCUT2D eigenvalue weighted by molar-refractivity contribution is 9.10. The maximum absolute atomic E-state index is 5.70. The lowest BCUT2D eigenvalue weighted by Gasteiger charge is -2.28. The first kappa shape index (κ1) is 16.7. The van der Waals surface area contributed by atoms with Gasteiger partial charge in [-0.05, 0) is 42.2 Å². The van der Waals surface area contributed by atoms with Crippen LogP contribution in [0.2, 0.25) is 0 Å². The van der Waals surface area contributed by atoms with Crippen LogP contribution in [-0.2, 0) is 11.3 Å². The van der Waals surface area contributed by atoms with Crippen LogP contribution < -0.4 is 5.32 Å². The lowest BCUT2D eigenvalue weighted by molar-refractivity contribution is 0.0576. The largest absolute Gasteiger partial charge is 0.379 e. The average molecular weight is 332 g/mol. The van der Waals surface area contributed by atoms with Gasteiger partial charge in [0.05, 0.1) is 28.5 Å². The first-order valence-corrected chi connectivity index (χ1v) is 7.96. The molecular formula is C14H26BrN3O. The normalized spacial score (nSPS) is 14.6. The summed E-state index contributed by atoms with van der Waals surface area (Å²) in [5, 5.41) is 8.02. The van der Waals surface area contributed by atoms with Gasteiger partial charge in [-0.3, -0.25) is 4.68 Å². The van der Waals surface area contributed by atoms with Gasteiger partial charge in [-0.2, -0.15) is 5.10 Å². The van der Waals surface area contributed by atoms with Crippen molar-refractivity contribution in [1.82, 2.24) is 15.1 Å². The second kappa shape index (κ2) is 8.72. The van der Waals surface area contributed by atoms with Crippen LogP contribution in [0.1, 0.15) is 51.8 Å². The highest BCUT2D eigenvalue weighted by Gasteiger charge is 2.27. The van der Waals surface area contributed by atoms with E-state index >= 15 is 0 Å². The van der Waals surface area contributed by atoms with Gasteiger partial charge in [0.1, 0.15) is 0 Å². The molecule has 2 atom stereocenters. The van der Waals surface area contributed by atoms with Crippen LogP contribution in [0.4, 0.5) is 0 Å². The molecule has 1 N–H and O–H groups in total. The molecule has 0 fully saturated rings. The molecule has 0 aliphatic rings. The van der Waals surface area contributed by atoms with E-state index in [4.69, 9.17) is 4.74 Å². The first-order valence-electron chi connectivity index (χ1n) is 7.16. The van der Waals surface area contributed by atoms with Crippen molar-refractivity contribution >= 4 is 15.9 Å². The molecule has 2 unspecified atom stereocenters. The Morgan fingerprint density at radius 1 is 1.37 bits per heavy atom. The summed E-state index contributed by atoms with van der Waals surface area (Å²) in [5.74, 6) is 0. The van der Waals surface area contributed by atoms with Gasteiger partial charge in [0.2, 0.25) is 0 Å². The molecule has 0 bridgehead atoms. The van der Waals surface area contributed by atoms with Crippen LogP contribution in [0.3, 0.4) is 0 Å². The van der Waals surface area contributed by atoms with E-state index in [0.29, 0.717) is 0 Å². The van der Waals surface area contributed by atoms with E-state index in [1.807, 2.05) is 10.9 Å². The summed E-state index contributed by atoms with van der Waals surface area (Å²) in [7, 11) is 1.79. The Hall–Kier alpha value is -0.390. The molecule has 0 radical (unpaired) electrons. The van der Waals surface area contributed by atoms with Gasteiger partial charge in [0.15, 0.2) is 0 Å². The topological polar surface area (TPSA) is 39.1 Å². The molecule has 0 saturated heterocycles. The molecule has 1 aromatic heterocycles. The Bertz CT molecular complexity index is 368. The van der Waals surface area contributed by atoms with Gasteiger partial charge in [-0.15, -0.1) is 0 Å². The van der Waals surface area contributed by atoms with Crippen molar-refractivity contribution in [2.24, 2.45) is 0 Å². The maximum atomic E-state index is 5.70. The first-order chi connectivity index (χ1) is 9.19. The third-order valence-corrected chi connectivity index (χ3v) is 3.90. The van der Waals surface area contributed by atoms with Gasteiger partial charge < -0.3 is 10.1 Å². The second-order valence-electron chi connectivity index (χ2n) is 4.69. The SMILES string of the molecule is CCCNC(c1c(Br)cnn1CC)C(CCC)OC. The predicted octanol–water partition coefficient (Wildman–Crippen LogP) is 3.52. The van der Waals surface area contributed by atoms with Gasteiger partial charge in [-0.25, -0.2) is 0 Å². The number of hydrogen-bond donors (Lipinski definition) is 1. The minimum atomic E-state index is 0.176. The molecule has 0 aliphatic heterocycles. The van der Waals surface area contributed by atoms with E-state index in [1.54, 1.807) is 7.11 Å². The summed E-state index contributed by atoms with van der Waals surface area (Å²) < 4.78 is 8.80. The fourth-order valence-corrected chi connectivity index (χ4v) is 2.89. The lowest BCUT2D eigenvalue weighted by atomic mass is 10.0. The second-order valence-corrected chi connectivity index (χ2v) is 5.54. The molecule has 0 aromatic carbocycles. The zero-order valence-electron chi connectivity index (χ0n) is 12.4. The zero-order chi connectivity index (χ0) is 14.3. The van der Waals surface area contributed by atoms with Crippen molar-refractivity contribution in [2.45, 2.75) is 58.7 Å². The Morgan fingerprint density at radius 3 is 2.63 bits per heavy atom. The van der Waals surface area contributed by atoms with Crippen molar-refractivity contribution in [3.8, 4) is 0 Å². The smallest absolute Gasteiger partial charge is 0.0781 e. The van der Waals surface area contributed by atoms with Gasteiger partial charge >= 0.3 is 0 Å². The molecule has 110 valence electrons. The van der Waals surface area contributed by atoms with Gasteiger partial charge in [0.25, 0.3) is 0 Å². The fourth-order valence-electron chi connectivity index (χ4n) is 2.34. The van der Waals surface area contributed by atoms with E-state index in [1.165, 1.54) is 5.69 Å². The van der Waals surface area contributed by atoms with Crippen LogP contribution in [0.25, 0.3) is 0 Å². The van der Waals surface area contributed by atoms with Crippen molar-refractivity contribution in [1.29, 1.82) is 0 Å². The summed E-state index contributed by atoms with van der Waals surface area (Å²) in [6.45, 7) is 8.33. The Labute approximate surface area is 125 Å². The number of nitrogens with one attached hydrogen (secondary N) is 1. The standard InChI is InChI=1S/C14H26BrN3O/c1-5-8-12(19-4)13(16-9-6-2)14-11(15)10-17-18(14)7-3/h10,12-13,16H,5-9H2,1-4H3. The molecule has 0 saturated carbocycles. The monoisotopic (exact) mass is 331 g/mol. The summed E-state index contributed by atoms with van der Waals surface area (Å²) >= 11 is 3.62. The molecule has 0 aliphatic carbocycles. The number of hydrogen-bond acceptors (Lipinski definition) is 3. The Balaban J connectivity index is 3.03. The zero-order valence-corrected chi connectivity index (χ0v) is 14.0. The molecule has 1 heterocycles. The average Bonchev–Trinajstić information content (AvgIpc) is 2.79. The fraction of sp³-hybridized carbons (Fsp3) is 0.786. The van der Waals surface area contributed by atoms with Crippen LogP contribution in [0.5, 0.6) is 0 Å². The maximum Gasteiger partial charge on any atom is 0.0781 e. The van der Waals surface area contributed by atoms with Gasteiger partial charge in [0, 0.05) is 13.7 Å². The number of rotatable bonds is 9. The molecule has 1 aromatic rings. The number of methoxy groups -OCH3 is 1. The molecular weight excluding hydrogens is 306 g/mol. The summed E-state index contributed by atoms with van der Waals surface area (Å²) in [6.07, 6.45) is 5.31. The number of halogens is 1. The lowest BCUT2D eigenvalue weighted by Crippen LogP contribution is -2.35. The van der Waals surface area contributed by atoms with Crippen molar-refractivity contribution < 1.29 is 4.74 Å². The van der Waals surface area contributed by atoms with E-state index < -0.39 is 0 Å². The Kier molecular flexibility index (Phi) is 7.64. The van der Waals surface area contributed by atoms with Crippen LogP contribution in [0.15, 0.2) is 10.7 Å². The molecule has 5 heteroatoms. The number of ether oxygens (including phenoxy) is 1. The van der Waals surface area contributed by atoms with Crippen LogP contribution in [-0.4, -0.2) is 29.5 Å². The minimum absolute atomic E-state index is 0.176. The highest BCUT2D eigenvalue weighted by atomic mass is 79.9. The van der Waals surface area contributed by atoms with Crippen LogP contribution in [0, 0.1) is 0 Å². The van der Waals surface area contributed by atoms with E-state index in [0.717, 1.165) is 36.8 Å². The third-order valence-electron chi connectivity index (χ3n) is 3.29. The minimum Gasteiger partial charge on any atom is -0.379 e. The third kappa shape index (κ3) is 4.29. The molecule has 4 nitrogen and oxygen atoms in total. The van der Waals surface area contributed by atoms with Crippen molar-refractivity contribution in [3.05, 3.63) is 16.4 Å². The molecule has 0 amide bonds. The Morgan fingerprint density at radius 2 is 2.11 bits per heavy atom. The summed E-state index contributed by atoms with van der Waals surface area (Å²) in [5.41, 5.74) is 1.19.